The molecule has 1 amide bonds. The van der Waals surface area contributed by atoms with Gasteiger partial charge < -0.3 is 15.1 Å². The molecule has 1 rings (SSSR count). The van der Waals surface area contributed by atoms with Crippen LogP contribution in [-0.4, -0.2) is 51.7 Å². The molecule has 0 bridgehead atoms. The SMILES string of the molecule is CC(O)CCN(C)C(=O)c1ccc(C(=O)O)nc1. The zero-order chi connectivity index (χ0) is 13.7. The molecular weight excluding hydrogens is 236 g/mol. The number of nitrogens with zero attached hydrogens (tertiary/aromatic N) is 2. The van der Waals surface area contributed by atoms with Crippen LogP contribution in [0.25, 0.3) is 0 Å². The molecule has 1 aromatic heterocycles. The van der Waals surface area contributed by atoms with Crippen LogP contribution < -0.4 is 0 Å². The van der Waals surface area contributed by atoms with Crippen LogP contribution >= 0.6 is 0 Å². The summed E-state index contributed by atoms with van der Waals surface area (Å²) in [6, 6.07) is 2.72. The predicted octanol–water partition coefficient (Wildman–Crippen LogP) is 0.623. The second kappa shape index (κ2) is 6.11. The van der Waals surface area contributed by atoms with E-state index in [1.165, 1.54) is 23.2 Å². The van der Waals surface area contributed by atoms with E-state index in [0.717, 1.165) is 0 Å². The van der Waals surface area contributed by atoms with Crippen molar-refractivity contribution in [3.8, 4) is 0 Å². The first-order valence-corrected chi connectivity index (χ1v) is 5.54. The van der Waals surface area contributed by atoms with Crippen molar-refractivity contribution in [1.82, 2.24) is 9.88 Å². The van der Waals surface area contributed by atoms with E-state index < -0.39 is 12.1 Å². The van der Waals surface area contributed by atoms with Crippen molar-refractivity contribution in [2.24, 2.45) is 0 Å². The molecule has 6 heteroatoms. The molecule has 1 unspecified atom stereocenters. The van der Waals surface area contributed by atoms with E-state index in [1.54, 1.807) is 14.0 Å². The van der Waals surface area contributed by atoms with E-state index >= 15 is 0 Å². The van der Waals surface area contributed by atoms with Crippen LogP contribution in [0.4, 0.5) is 0 Å². The van der Waals surface area contributed by atoms with Gasteiger partial charge in [0.1, 0.15) is 5.69 Å². The Balaban J connectivity index is 2.69. The second-order valence-corrected chi connectivity index (χ2v) is 4.10. The van der Waals surface area contributed by atoms with Gasteiger partial charge in [0.05, 0.1) is 11.7 Å². The summed E-state index contributed by atoms with van der Waals surface area (Å²) in [5, 5.41) is 17.8. The highest BCUT2D eigenvalue weighted by Crippen LogP contribution is 2.05. The van der Waals surface area contributed by atoms with Crippen molar-refractivity contribution in [2.75, 3.05) is 13.6 Å². The minimum atomic E-state index is -1.13. The van der Waals surface area contributed by atoms with Crippen molar-refractivity contribution >= 4 is 11.9 Å². The maximum Gasteiger partial charge on any atom is 0.354 e. The van der Waals surface area contributed by atoms with E-state index in [0.29, 0.717) is 18.5 Å². The van der Waals surface area contributed by atoms with Crippen LogP contribution in [0.3, 0.4) is 0 Å². The lowest BCUT2D eigenvalue weighted by atomic mass is 10.2. The number of carbonyl (C=O) groups excluding carboxylic acids is 1. The Labute approximate surface area is 105 Å². The Hall–Kier alpha value is -1.95. The summed E-state index contributed by atoms with van der Waals surface area (Å²) in [5.74, 6) is -1.38. The van der Waals surface area contributed by atoms with Gasteiger partial charge in [0.15, 0.2) is 0 Å². The van der Waals surface area contributed by atoms with Crippen LogP contribution in [0.5, 0.6) is 0 Å². The molecular formula is C12H16N2O4. The minimum Gasteiger partial charge on any atom is -0.477 e. The lowest BCUT2D eigenvalue weighted by Crippen LogP contribution is -2.29. The number of carbonyl (C=O) groups is 2. The van der Waals surface area contributed by atoms with Gasteiger partial charge in [-0.15, -0.1) is 0 Å². The maximum absolute atomic E-state index is 11.9. The predicted molar refractivity (Wildman–Crippen MR) is 64.5 cm³/mol. The van der Waals surface area contributed by atoms with Crippen molar-refractivity contribution < 1.29 is 19.8 Å². The number of hydrogen-bond donors (Lipinski definition) is 2. The third kappa shape index (κ3) is 3.81. The van der Waals surface area contributed by atoms with Crippen molar-refractivity contribution in [2.45, 2.75) is 19.4 Å². The molecule has 0 radical (unpaired) electrons. The summed E-state index contributed by atoms with van der Waals surface area (Å²) in [5.41, 5.74) is 0.228. The first-order valence-electron chi connectivity index (χ1n) is 5.54. The van der Waals surface area contributed by atoms with Crippen LogP contribution in [0.2, 0.25) is 0 Å². The van der Waals surface area contributed by atoms with Gasteiger partial charge in [-0.2, -0.15) is 0 Å². The van der Waals surface area contributed by atoms with Gasteiger partial charge >= 0.3 is 5.97 Å². The Morgan fingerprint density at radius 3 is 2.56 bits per heavy atom. The number of pyridine rings is 1. The lowest BCUT2D eigenvalue weighted by molar-refractivity contribution is 0.0687. The molecule has 6 nitrogen and oxygen atoms in total. The van der Waals surface area contributed by atoms with E-state index in [-0.39, 0.29) is 11.6 Å². The van der Waals surface area contributed by atoms with E-state index in [4.69, 9.17) is 10.2 Å². The molecule has 1 heterocycles. The number of amides is 1. The lowest BCUT2D eigenvalue weighted by Gasteiger charge is -2.17. The summed E-state index contributed by atoms with van der Waals surface area (Å²) >= 11 is 0. The zero-order valence-corrected chi connectivity index (χ0v) is 10.3. The molecule has 0 saturated heterocycles. The summed E-state index contributed by atoms with van der Waals surface area (Å²) in [4.78, 5) is 27.6. The normalized spacial score (nSPS) is 11.9. The third-order valence-corrected chi connectivity index (χ3v) is 2.46. The second-order valence-electron chi connectivity index (χ2n) is 4.10. The van der Waals surface area contributed by atoms with Crippen LogP contribution in [0.15, 0.2) is 18.3 Å². The number of aliphatic hydroxyl groups excluding tert-OH is 1. The van der Waals surface area contributed by atoms with Gasteiger partial charge in [0.2, 0.25) is 0 Å². The summed E-state index contributed by atoms with van der Waals surface area (Å²) in [6.45, 7) is 2.08. The number of carboxylic acids is 1. The molecule has 1 atom stereocenters. The molecule has 2 N–H and O–H groups in total. The molecule has 0 aliphatic carbocycles. The molecule has 0 aliphatic rings. The standard InChI is InChI=1S/C12H16N2O4/c1-8(15)5-6-14(2)11(16)9-3-4-10(12(17)18)13-7-9/h3-4,7-8,15H,5-6H2,1-2H3,(H,17,18). The van der Waals surface area contributed by atoms with Gasteiger partial charge in [-0.05, 0) is 25.5 Å². The quantitative estimate of drug-likeness (QED) is 0.801. The van der Waals surface area contributed by atoms with Gasteiger partial charge in [-0.1, -0.05) is 0 Å². The van der Waals surface area contributed by atoms with E-state index in [2.05, 4.69) is 4.98 Å². The van der Waals surface area contributed by atoms with Crippen molar-refractivity contribution in [1.29, 1.82) is 0 Å². The van der Waals surface area contributed by atoms with Crippen LogP contribution in [0, 0.1) is 0 Å². The number of rotatable bonds is 5. The number of aliphatic hydroxyl groups is 1. The van der Waals surface area contributed by atoms with E-state index in [1.807, 2.05) is 0 Å². The van der Waals surface area contributed by atoms with Gasteiger partial charge in [-0.3, -0.25) is 4.79 Å². The number of hydrogen-bond acceptors (Lipinski definition) is 4. The highest BCUT2D eigenvalue weighted by molar-refractivity contribution is 5.94. The van der Waals surface area contributed by atoms with Crippen molar-refractivity contribution in [3.05, 3.63) is 29.6 Å². The summed E-state index contributed by atoms with van der Waals surface area (Å²) in [7, 11) is 1.62. The minimum absolute atomic E-state index is 0.0989. The monoisotopic (exact) mass is 252 g/mol. The summed E-state index contributed by atoms with van der Waals surface area (Å²) < 4.78 is 0. The first kappa shape index (κ1) is 14.1. The Bertz CT molecular complexity index is 428. The van der Waals surface area contributed by atoms with Crippen molar-refractivity contribution in [3.63, 3.8) is 0 Å². The smallest absolute Gasteiger partial charge is 0.354 e. The van der Waals surface area contributed by atoms with Gasteiger partial charge in [0, 0.05) is 19.8 Å². The average Bonchev–Trinajstić information content (AvgIpc) is 2.35. The fourth-order valence-electron chi connectivity index (χ4n) is 1.35. The molecule has 18 heavy (non-hydrogen) atoms. The zero-order valence-electron chi connectivity index (χ0n) is 10.3. The molecule has 0 saturated carbocycles. The van der Waals surface area contributed by atoms with Crippen LogP contribution in [-0.2, 0) is 0 Å². The highest BCUT2D eigenvalue weighted by Gasteiger charge is 2.13. The van der Waals surface area contributed by atoms with Crippen LogP contribution in [0.1, 0.15) is 34.2 Å². The average molecular weight is 252 g/mol. The Kier molecular flexibility index (Phi) is 4.79. The number of aromatic nitrogens is 1. The Morgan fingerprint density at radius 2 is 2.11 bits per heavy atom. The molecule has 0 fully saturated rings. The largest absolute Gasteiger partial charge is 0.477 e. The number of aromatic carboxylic acids is 1. The topological polar surface area (TPSA) is 90.7 Å². The molecule has 98 valence electrons. The molecule has 0 aromatic carbocycles. The maximum atomic E-state index is 11.9. The van der Waals surface area contributed by atoms with Gasteiger partial charge in [-0.25, -0.2) is 9.78 Å². The fourth-order valence-corrected chi connectivity index (χ4v) is 1.35. The third-order valence-electron chi connectivity index (χ3n) is 2.46. The summed E-state index contributed by atoms with van der Waals surface area (Å²) in [6.07, 6.45) is 1.26. The highest BCUT2D eigenvalue weighted by atomic mass is 16.4. The van der Waals surface area contributed by atoms with E-state index in [9.17, 15) is 9.59 Å². The Morgan fingerprint density at radius 1 is 1.44 bits per heavy atom. The molecule has 1 aromatic rings. The first-order chi connectivity index (χ1) is 8.41. The fraction of sp³-hybridized carbons (Fsp3) is 0.417. The van der Waals surface area contributed by atoms with Gasteiger partial charge in [0.25, 0.3) is 5.91 Å². The number of carboxylic acid groups (broad SMARTS) is 1. The molecule has 0 aliphatic heterocycles. The molecule has 0 spiro atoms.